The molecule has 10 heteroatoms. The number of amides is 2. The van der Waals surface area contributed by atoms with Crippen molar-refractivity contribution >= 4 is 46.7 Å². The van der Waals surface area contributed by atoms with E-state index in [2.05, 4.69) is 5.32 Å². The minimum atomic E-state index is -0.939. The van der Waals surface area contributed by atoms with E-state index < -0.39 is 17.9 Å². The van der Waals surface area contributed by atoms with Crippen molar-refractivity contribution in [2.45, 2.75) is 31.3 Å². The second-order valence-electron chi connectivity index (χ2n) is 8.59. The number of carbonyl (C=O) groups is 2. The number of nitrogens with two attached hydrogens (primary N) is 3. The zero-order valence-corrected chi connectivity index (χ0v) is 21.7. The molecular formula is C27H30Cl2N6O2. The molecule has 0 aromatic heterocycles. The molecule has 2 amide bonds. The van der Waals surface area contributed by atoms with Gasteiger partial charge in [-0.2, -0.15) is 0 Å². The fourth-order valence-corrected chi connectivity index (χ4v) is 4.70. The summed E-state index contributed by atoms with van der Waals surface area (Å²) in [5.74, 6) is -1.81. The third kappa shape index (κ3) is 7.38. The van der Waals surface area contributed by atoms with Crippen LogP contribution in [0.15, 0.2) is 72.8 Å². The minimum Gasteiger partial charge on any atom is -0.396 e. The molecular weight excluding hydrogens is 511 g/mol. The topological polar surface area (TPSA) is 151 Å². The first-order chi connectivity index (χ1) is 17.7. The molecule has 3 aromatic carbocycles. The van der Waals surface area contributed by atoms with E-state index in [0.717, 1.165) is 11.1 Å². The number of hydrogen-bond donors (Lipinski definition) is 5. The summed E-state index contributed by atoms with van der Waals surface area (Å²) in [5, 5.41) is 10.6. The standard InChI is InChI=1S/C27H30Cl2N6O2/c28-20-14-17(15-21(29)24(20)30)16-35(22(25(31)36)12-7-13-34-27(32)33)26(37)23(18-8-3-1-4-9-18)19-10-5-2-6-11-19/h1-6,8-11,14-15,22-23H,7,12-13,16,30H2,(H2,31,36)(H4,32,33,34)/t22-/m1/s1. The van der Waals surface area contributed by atoms with Crippen LogP contribution in [-0.4, -0.2) is 35.3 Å². The maximum Gasteiger partial charge on any atom is 0.240 e. The number of primary amides is 1. The van der Waals surface area contributed by atoms with Gasteiger partial charge < -0.3 is 27.4 Å². The van der Waals surface area contributed by atoms with Gasteiger partial charge in [0.25, 0.3) is 0 Å². The van der Waals surface area contributed by atoms with Crippen molar-refractivity contribution in [1.82, 2.24) is 10.2 Å². The SMILES string of the molecule is N=C(N)NCCC[C@H](C(N)=O)N(Cc1cc(Cl)c(N)c(Cl)c1)C(=O)C(c1ccccc1)c1ccccc1. The number of halogens is 2. The molecule has 194 valence electrons. The summed E-state index contributed by atoms with van der Waals surface area (Å²) in [7, 11) is 0. The van der Waals surface area contributed by atoms with E-state index in [0.29, 0.717) is 18.5 Å². The van der Waals surface area contributed by atoms with E-state index in [1.807, 2.05) is 60.7 Å². The maximum atomic E-state index is 14.3. The van der Waals surface area contributed by atoms with Gasteiger partial charge >= 0.3 is 0 Å². The van der Waals surface area contributed by atoms with Crippen molar-refractivity contribution in [3.8, 4) is 0 Å². The molecule has 0 saturated carbocycles. The largest absolute Gasteiger partial charge is 0.396 e. The monoisotopic (exact) mass is 540 g/mol. The van der Waals surface area contributed by atoms with Crippen LogP contribution in [-0.2, 0) is 16.1 Å². The molecule has 0 unspecified atom stereocenters. The number of nitrogen functional groups attached to an aromatic ring is 1. The first-order valence-electron chi connectivity index (χ1n) is 11.7. The first kappa shape index (κ1) is 27.8. The molecule has 0 radical (unpaired) electrons. The Morgan fingerprint density at radius 3 is 1.89 bits per heavy atom. The second-order valence-corrected chi connectivity index (χ2v) is 9.41. The van der Waals surface area contributed by atoms with Gasteiger partial charge in [-0.05, 0) is 41.7 Å². The highest BCUT2D eigenvalue weighted by Crippen LogP contribution is 2.32. The average Bonchev–Trinajstić information content (AvgIpc) is 2.87. The lowest BCUT2D eigenvalue weighted by atomic mass is 9.89. The van der Waals surface area contributed by atoms with Crippen molar-refractivity contribution in [2.75, 3.05) is 12.3 Å². The number of guanidine groups is 1. The lowest BCUT2D eigenvalue weighted by Gasteiger charge is -2.33. The normalized spacial score (nSPS) is 11.6. The van der Waals surface area contributed by atoms with Crippen LogP contribution in [0.4, 0.5) is 5.69 Å². The van der Waals surface area contributed by atoms with Gasteiger partial charge in [0.2, 0.25) is 11.8 Å². The number of carbonyl (C=O) groups excluding carboxylic acids is 2. The molecule has 0 heterocycles. The molecule has 0 spiro atoms. The van der Waals surface area contributed by atoms with Crippen molar-refractivity contribution in [1.29, 1.82) is 5.41 Å². The molecule has 0 fully saturated rings. The summed E-state index contributed by atoms with van der Waals surface area (Å²) in [4.78, 5) is 28.5. The minimum absolute atomic E-state index is 0.0302. The van der Waals surface area contributed by atoms with Crippen LogP contribution < -0.4 is 22.5 Å². The Morgan fingerprint density at radius 2 is 1.43 bits per heavy atom. The van der Waals surface area contributed by atoms with Crippen LogP contribution in [0.1, 0.15) is 35.4 Å². The maximum absolute atomic E-state index is 14.3. The van der Waals surface area contributed by atoms with E-state index in [-0.39, 0.29) is 40.6 Å². The Balaban J connectivity index is 2.06. The molecule has 0 saturated heterocycles. The number of nitrogens with one attached hydrogen (secondary N) is 2. The molecule has 3 aromatic rings. The molecule has 0 aliphatic heterocycles. The fourth-order valence-electron chi connectivity index (χ4n) is 4.17. The highest BCUT2D eigenvalue weighted by Gasteiger charge is 2.34. The fraction of sp³-hybridized carbons (Fsp3) is 0.222. The van der Waals surface area contributed by atoms with Gasteiger partial charge in [-0.3, -0.25) is 15.0 Å². The summed E-state index contributed by atoms with van der Waals surface area (Å²) in [6.45, 7) is 0.379. The van der Waals surface area contributed by atoms with E-state index in [9.17, 15) is 9.59 Å². The molecule has 8 nitrogen and oxygen atoms in total. The highest BCUT2D eigenvalue weighted by molar-refractivity contribution is 6.38. The zero-order valence-electron chi connectivity index (χ0n) is 20.2. The number of hydrogen-bond acceptors (Lipinski definition) is 4. The number of anilines is 1. The average molecular weight is 541 g/mol. The van der Waals surface area contributed by atoms with Gasteiger partial charge in [0.05, 0.1) is 21.7 Å². The highest BCUT2D eigenvalue weighted by atomic mass is 35.5. The number of benzene rings is 3. The third-order valence-corrected chi connectivity index (χ3v) is 6.59. The number of nitrogens with zero attached hydrogens (tertiary/aromatic N) is 1. The number of rotatable bonds is 11. The van der Waals surface area contributed by atoms with E-state index in [1.165, 1.54) is 4.90 Å². The lowest BCUT2D eigenvalue weighted by molar-refractivity contribution is -0.141. The van der Waals surface area contributed by atoms with Crippen LogP contribution in [0, 0.1) is 5.41 Å². The Hall–Kier alpha value is -3.75. The molecule has 1 atom stereocenters. The van der Waals surface area contributed by atoms with Gasteiger partial charge in [0.15, 0.2) is 5.96 Å². The first-order valence-corrected chi connectivity index (χ1v) is 12.5. The van der Waals surface area contributed by atoms with Crippen molar-refractivity contribution in [2.24, 2.45) is 11.5 Å². The molecule has 3 rings (SSSR count). The van der Waals surface area contributed by atoms with Crippen LogP contribution in [0.2, 0.25) is 10.0 Å². The molecule has 8 N–H and O–H groups in total. The molecule has 0 bridgehead atoms. The van der Waals surface area contributed by atoms with Crippen molar-refractivity contribution in [3.63, 3.8) is 0 Å². The van der Waals surface area contributed by atoms with E-state index >= 15 is 0 Å². The summed E-state index contributed by atoms with van der Waals surface area (Å²) >= 11 is 12.5. The van der Waals surface area contributed by atoms with Crippen LogP contribution in [0.25, 0.3) is 0 Å². The Kier molecular flexibility index (Phi) is 9.77. The van der Waals surface area contributed by atoms with Crippen LogP contribution in [0.5, 0.6) is 0 Å². The lowest BCUT2D eigenvalue weighted by Crippen LogP contribution is -2.49. The second kappa shape index (κ2) is 13.0. The predicted octanol–water partition coefficient (Wildman–Crippen LogP) is 3.85. The summed E-state index contributed by atoms with van der Waals surface area (Å²) in [6.07, 6.45) is 0.704. The van der Waals surface area contributed by atoms with Gasteiger partial charge in [-0.15, -0.1) is 0 Å². The summed E-state index contributed by atoms with van der Waals surface area (Å²) < 4.78 is 0. The smallest absolute Gasteiger partial charge is 0.240 e. The Labute approximate surface area is 226 Å². The summed E-state index contributed by atoms with van der Waals surface area (Å²) in [6, 6.07) is 21.0. The van der Waals surface area contributed by atoms with Crippen LogP contribution >= 0.6 is 23.2 Å². The Morgan fingerprint density at radius 1 is 0.919 bits per heavy atom. The Bertz CT molecular complexity index is 1180. The molecule has 0 aliphatic rings. The zero-order chi connectivity index (χ0) is 26.9. The van der Waals surface area contributed by atoms with Crippen LogP contribution in [0.3, 0.4) is 0 Å². The van der Waals surface area contributed by atoms with Gasteiger partial charge in [-0.25, -0.2) is 0 Å². The van der Waals surface area contributed by atoms with Crippen molar-refractivity contribution < 1.29 is 9.59 Å². The quantitative estimate of drug-likeness (QED) is 0.108. The van der Waals surface area contributed by atoms with E-state index in [1.54, 1.807) is 12.1 Å². The van der Waals surface area contributed by atoms with Gasteiger partial charge in [-0.1, -0.05) is 83.9 Å². The van der Waals surface area contributed by atoms with Gasteiger partial charge in [0.1, 0.15) is 6.04 Å². The molecule has 37 heavy (non-hydrogen) atoms. The summed E-state index contributed by atoms with van der Waals surface area (Å²) in [5.41, 5.74) is 19.5. The third-order valence-electron chi connectivity index (χ3n) is 5.96. The predicted molar refractivity (Wildman–Crippen MR) is 148 cm³/mol. The van der Waals surface area contributed by atoms with Gasteiger partial charge in [0, 0.05) is 13.1 Å². The molecule has 0 aliphatic carbocycles. The van der Waals surface area contributed by atoms with E-state index in [4.69, 9.17) is 45.8 Å². The van der Waals surface area contributed by atoms with Crippen molar-refractivity contribution in [3.05, 3.63) is 99.5 Å².